The molecular weight excluding hydrogens is 212 g/mol. The first-order valence-corrected chi connectivity index (χ1v) is 7.03. The monoisotopic (exact) mass is 239 g/mol. The van der Waals surface area contributed by atoms with Gasteiger partial charge in [-0.25, -0.2) is 4.57 Å². The first-order valence-electron chi connectivity index (χ1n) is 7.03. The number of rotatable bonds is 11. The minimum absolute atomic E-state index is 0.667. The SMILES string of the molecule is CCCCCCCCCCOC[n+]1cc[nH]c1. The maximum absolute atomic E-state index is 5.57. The van der Waals surface area contributed by atoms with Gasteiger partial charge in [0.15, 0.2) is 6.73 Å². The number of hydrogen-bond acceptors (Lipinski definition) is 1. The van der Waals surface area contributed by atoms with E-state index in [1.165, 1.54) is 51.4 Å². The van der Waals surface area contributed by atoms with Crippen molar-refractivity contribution in [3.63, 3.8) is 0 Å². The third-order valence-corrected chi connectivity index (χ3v) is 2.99. The van der Waals surface area contributed by atoms with Gasteiger partial charge in [-0.2, -0.15) is 0 Å². The van der Waals surface area contributed by atoms with Crippen molar-refractivity contribution in [3.05, 3.63) is 18.7 Å². The molecule has 1 aromatic rings. The molecule has 0 fully saturated rings. The van der Waals surface area contributed by atoms with Crippen molar-refractivity contribution in [2.45, 2.75) is 65.0 Å². The van der Waals surface area contributed by atoms with Crippen LogP contribution in [0, 0.1) is 0 Å². The summed E-state index contributed by atoms with van der Waals surface area (Å²) in [5, 5.41) is 0. The van der Waals surface area contributed by atoms with Gasteiger partial charge in [0, 0.05) is 0 Å². The third kappa shape index (κ3) is 7.97. The summed E-state index contributed by atoms with van der Waals surface area (Å²) >= 11 is 0. The van der Waals surface area contributed by atoms with Gasteiger partial charge in [-0.3, -0.25) is 4.98 Å². The Kier molecular flexibility index (Phi) is 8.65. The maximum Gasteiger partial charge on any atom is 0.243 e. The van der Waals surface area contributed by atoms with Gasteiger partial charge >= 0.3 is 0 Å². The van der Waals surface area contributed by atoms with Crippen LogP contribution in [0.15, 0.2) is 18.7 Å². The molecule has 0 aliphatic carbocycles. The highest BCUT2D eigenvalue weighted by Gasteiger charge is 1.96. The van der Waals surface area contributed by atoms with E-state index in [1.54, 1.807) is 0 Å². The Morgan fingerprint density at radius 2 is 1.71 bits per heavy atom. The van der Waals surface area contributed by atoms with Crippen molar-refractivity contribution >= 4 is 0 Å². The molecule has 1 rings (SSSR count). The highest BCUT2D eigenvalue weighted by atomic mass is 16.5. The summed E-state index contributed by atoms with van der Waals surface area (Å²) in [5.41, 5.74) is 0. The third-order valence-electron chi connectivity index (χ3n) is 2.99. The molecule has 0 unspecified atom stereocenters. The second-order valence-corrected chi connectivity index (χ2v) is 4.64. The van der Waals surface area contributed by atoms with Crippen molar-refractivity contribution in [1.29, 1.82) is 0 Å². The molecule has 0 saturated carbocycles. The van der Waals surface area contributed by atoms with E-state index >= 15 is 0 Å². The fraction of sp³-hybridized carbons (Fsp3) is 0.786. The summed E-state index contributed by atoms with van der Waals surface area (Å²) in [4.78, 5) is 3.00. The average Bonchev–Trinajstić information content (AvgIpc) is 2.85. The Morgan fingerprint density at radius 1 is 1.00 bits per heavy atom. The van der Waals surface area contributed by atoms with E-state index in [0.717, 1.165) is 6.61 Å². The Labute approximate surface area is 105 Å². The summed E-state index contributed by atoms with van der Waals surface area (Å²) in [6.07, 6.45) is 16.6. The maximum atomic E-state index is 5.57. The van der Waals surface area contributed by atoms with Gasteiger partial charge in [0.05, 0.1) is 6.61 Å². The van der Waals surface area contributed by atoms with Crippen LogP contribution in [0.4, 0.5) is 0 Å². The van der Waals surface area contributed by atoms with Crippen LogP contribution in [-0.2, 0) is 11.5 Å². The first kappa shape index (κ1) is 14.2. The largest absolute Gasteiger partial charge is 0.342 e. The number of H-pyrrole nitrogens is 1. The Hall–Kier alpha value is -0.830. The molecular formula is C14H27N2O+. The average molecular weight is 239 g/mol. The zero-order valence-corrected chi connectivity index (χ0v) is 11.2. The smallest absolute Gasteiger partial charge is 0.243 e. The van der Waals surface area contributed by atoms with E-state index in [4.69, 9.17) is 4.74 Å². The Balaban J connectivity index is 1.76. The van der Waals surface area contributed by atoms with Crippen LogP contribution < -0.4 is 4.57 Å². The molecule has 1 aromatic heterocycles. The molecule has 0 spiro atoms. The zero-order chi connectivity index (χ0) is 12.2. The summed E-state index contributed by atoms with van der Waals surface area (Å²) in [7, 11) is 0. The second kappa shape index (κ2) is 10.3. The van der Waals surface area contributed by atoms with E-state index in [1.807, 2.05) is 23.3 Å². The molecule has 0 saturated heterocycles. The van der Waals surface area contributed by atoms with E-state index < -0.39 is 0 Å². The van der Waals surface area contributed by atoms with Gasteiger partial charge in [0.2, 0.25) is 6.33 Å². The lowest BCUT2D eigenvalue weighted by molar-refractivity contribution is -0.731. The van der Waals surface area contributed by atoms with Gasteiger partial charge in [0.1, 0.15) is 12.4 Å². The van der Waals surface area contributed by atoms with E-state index in [9.17, 15) is 0 Å². The number of ether oxygens (including phenoxy) is 1. The number of nitrogens with one attached hydrogen (secondary N) is 1. The lowest BCUT2D eigenvalue weighted by atomic mass is 10.1. The van der Waals surface area contributed by atoms with E-state index in [-0.39, 0.29) is 0 Å². The normalized spacial score (nSPS) is 10.9. The molecule has 0 aliphatic rings. The number of hydrogen-bond donors (Lipinski definition) is 1. The molecule has 0 aliphatic heterocycles. The van der Waals surface area contributed by atoms with Crippen LogP contribution in [0.5, 0.6) is 0 Å². The lowest BCUT2D eigenvalue weighted by Crippen LogP contribution is -2.32. The fourth-order valence-corrected chi connectivity index (χ4v) is 1.91. The number of unbranched alkanes of at least 4 members (excludes halogenated alkanes) is 7. The van der Waals surface area contributed by atoms with Gasteiger partial charge in [-0.1, -0.05) is 51.9 Å². The second-order valence-electron chi connectivity index (χ2n) is 4.64. The summed E-state index contributed by atoms with van der Waals surface area (Å²) in [6.45, 7) is 3.81. The van der Waals surface area contributed by atoms with Gasteiger partial charge in [0.25, 0.3) is 0 Å². The van der Waals surface area contributed by atoms with Crippen molar-refractivity contribution in [1.82, 2.24) is 4.98 Å². The predicted octanol–water partition coefficient (Wildman–Crippen LogP) is 3.42. The molecule has 1 N–H and O–H groups in total. The molecule has 1 heterocycles. The summed E-state index contributed by atoms with van der Waals surface area (Å²) in [6, 6.07) is 0. The predicted molar refractivity (Wildman–Crippen MR) is 69.5 cm³/mol. The molecule has 3 nitrogen and oxygen atoms in total. The van der Waals surface area contributed by atoms with Crippen LogP contribution >= 0.6 is 0 Å². The van der Waals surface area contributed by atoms with Crippen LogP contribution in [0.1, 0.15) is 58.3 Å². The molecule has 98 valence electrons. The molecule has 0 atom stereocenters. The summed E-state index contributed by atoms with van der Waals surface area (Å²) in [5.74, 6) is 0. The molecule has 0 bridgehead atoms. The Bertz CT molecular complexity index is 247. The quantitative estimate of drug-likeness (QED) is 0.465. The number of aromatic nitrogens is 2. The molecule has 0 radical (unpaired) electrons. The van der Waals surface area contributed by atoms with Gasteiger partial charge < -0.3 is 4.74 Å². The van der Waals surface area contributed by atoms with Gasteiger partial charge in [-0.15, -0.1) is 0 Å². The highest BCUT2D eigenvalue weighted by Crippen LogP contribution is 2.08. The zero-order valence-electron chi connectivity index (χ0n) is 11.2. The molecule has 0 aromatic carbocycles. The molecule has 17 heavy (non-hydrogen) atoms. The molecule has 3 heteroatoms. The van der Waals surface area contributed by atoms with Crippen molar-refractivity contribution in [2.24, 2.45) is 0 Å². The number of imidazole rings is 1. The minimum atomic E-state index is 0.667. The van der Waals surface area contributed by atoms with Crippen molar-refractivity contribution in [3.8, 4) is 0 Å². The lowest BCUT2D eigenvalue weighted by Gasteiger charge is -2.02. The fourth-order valence-electron chi connectivity index (χ4n) is 1.91. The van der Waals surface area contributed by atoms with Crippen LogP contribution in [0.3, 0.4) is 0 Å². The minimum Gasteiger partial charge on any atom is -0.342 e. The summed E-state index contributed by atoms with van der Waals surface area (Å²) < 4.78 is 7.57. The van der Waals surface area contributed by atoms with E-state index in [0.29, 0.717) is 6.73 Å². The van der Waals surface area contributed by atoms with Crippen LogP contribution in [0.25, 0.3) is 0 Å². The van der Waals surface area contributed by atoms with E-state index in [2.05, 4.69) is 11.9 Å². The topological polar surface area (TPSA) is 28.9 Å². The van der Waals surface area contributed by atoms with Gasteiger partial charge in [-0.05, 0) is 6.42 Å². The number of nitrogens with zero attached hydrogens (tertiary/aromatic N) is 1. The standard InChI is InChI=1S/C14H26N2O/c1-2-3-4-5-6-7-8-9-12-17-14-16-11-10-15-13-16/h10-11,13H,2-9,12,14H2,1H3/p+1. The highest BCUT2D eigenvalue weighted by molar-refractivity contribution is 4.54. The molecule has 0 amide bonds. The van der Waals surface area contributed by atoms with Crippen molar-refractivity contribution in [2.75, 3.05) is 6.61 Å². The van der Waals surface area contributed by atoms with Crippen LogP contribution in [-0.4, -0.2) is 11.6 Å². The van der Waals surface area contributed by atoms with Crippen LogP contribution in [0.2, 0.25) is 0 Å². The number of aromatic amines is 1. The Morgan fingerprint density at radius 3 is 2.35 bits per heavy atom. The first-order chi connectivity index (χ1) is 8.43. The van der Waals surface area contributed by atoms with Crippen molar-refractivity contribution < 1.29 is 9.30 Å².